The van der Waals surface area contributed by atoms with Gasteiger partial charge in [-0.2, -0.15) is 13.2 Å². The van der Waals surface area contributed by atoms with Crippen LogP contribution in [0.4, 0.5) is 23.7 Å². The Kier molecular flexibility index (Phi) is 4.42. The largest absolute Gasteiger partial charge is 0.427 e. The fraction of sp³-hybridized carbons (Fsp3) is 0.316. The molecule has 2 N–H and O–H groups in total. The van der Waals surface area contributed by atoms with Crippen LogP contribution in [-0.4, -0.2) is 22.2 Å². The van der Waals surface area contributed by atoms with E-state index in [1.807, 2.05) is 5.32 Å². The van der Waals surface area contributed by atoms with Crippen LogP contribution in [0.25, 0.3) is 0 Å². The minimum absolute atomic E-state index is 0.0486. The second kappa shape index (κ2) is 6.67. The molecule has 0 saturated heterocycles. The third-order valence-corrected chi connectivity index (χ3v) is 4.91. The van der Waals surface area contributed by atoms with Crippen molar-refractivity contribution < 1.29 is 18.0 Å². The van der Waals surface area contributed by atoms with E-state index >= 15 is 0 Å². The van der Waals surface area contributed by atoms with Crippen molar-refractivity contribution in [3.63, 3.8) is 0 Å². The molecular weight excluding hydrogens is 393 g/mol. The molecule has 1 aromatic carbocycles. The molecule has 1 aliphatic heterocycles. The SMILES string of the molecule is O=C1Nc2cc(Cc3nccnc3Cl)ccc2[C@@](C#CC2CC2)(C(F)(F)F)N1. The Bertz CT molecular complexity index is 1010. The average Bonchev–Trinajstić information content (AvgIpc) is 3.44. The Labute approximate surface area is 163 Å². The summed E-state index contributed by atoms with van der Waals surface area (Å²) in [5, 5.41) is 4.65. The zero-order valence-electron chi connectivity index (χ0n) is 14.4. The average molecular weight is 407 g/mol. The number of amides is 2. The van der Waals surface area contributed by atoms with Gasteiger partial charge in [0.1, 0.15) is 0 Å². The minimum atomic E-state index is -4.78. The quantitative estimate of drug-likeness (QED) is 0.740. The van der Waals surface area contributed by atoms with Gasteiger partial charge in [-0.25, -0.2) is 9.78 Å². The monoisotopic (exact) mass is 406 g/mol. The number of anilines is 1. The van der Waals surface area contributed by atoms with Crippen molar-refractivity contribution in [1.29, 1.82) is 0 Å². The van der Waals surface area contributed by atoms with Crippen LogP contribution in [0.5, 0.6) is 0 Å². The van der Waals surface area contributed by atoms with Gasteiger partial charge in [0, 0.05) is 36.0 Å². The Morgan fingerprint density at radius 1 is 1.25 bits per heavy atom. The summed E-state index contributed by atoms with van der Waals surface area (Å²) in [6.07, 6.45) is -0.0446. The van der Waals surface area contributed by atoms with Crippen LogP contribution in [0.3, 0.4) is 0 Å². The van der Waals surface area contributed by atoms with Crippen LogP contribution in [0.1, 0.15) is 29.7 Å². The summed E-state index contributed by atoms with van der Waals surface area (Å²) in [7, 11) is 0. The van der Waals surface area contributed by atoms with Crippen molar-refractivity contribution in [2.24, 2.45) is 5.92 Å². The van der Waals surface area contributed by atoms with Gasteiger partial charge < -0.3 is 10.6 Å². The summed E-state index contributed by atoms with van der Waals surface area (Å²) < 4.78 is 42.1. The van der Waals surface area contributed by atoms with E-state index in [1.165, 1.54) is 24.5 Å². The van der Waals surface area contributed by atoms with Gasteiger partial charge in [-0.15, -0.1) is 0 Å². The van der Waals surface area contributed by atoms with Gasteiger partial charge >= 0.3 is 12.2 Å². The maximum absolute atomic E-state index is 14.0. The van der Waals surface area contributed by atoms with E-state index in [1.54, 1.807) is 6.07 Å². The first-order valence-corrected chi connectivity index (χ1v) is 8.94. The van der Waals surface area contributed by atoms with Crippen molar-refractivity contribution in [2.45, 2.75) is 31.0 Å². The van der Waals surface area contributed by atoms with Crippen LogP contribution in [0.15, 0.2) is 30.6 Å². The first-order chi connectivity index (χ1) is 13.3. The van der Waals surface area contributed by atoms with Gasteiger partial charge in [-0.3, -0.25) is 4.98 Å². The first kappa shape index (κ1) is 18.6. The maximum Gasteiger partial charge on any atom is 0.427 e. The standard InChI is InChI=1S/C19H14ClF3N4O/c20-16-15(24-7-8-25-16)10-12-3-4-13-14(9-12)26-17(28)27-18(13,19(21,22)23)6-5-11-1-2-11/h3-4,7-9,11H,1-2,10H2,(H2,26,27,28)/t18-/m0/s1. The first-order valence-electron chi connectivity index (χ1n) is 8.56. The molecule has 0 spiro atoms. The molecule has 2 aliphatic rings. The highest BCUT2D eigenvalue weighted by atomic mass is 35.5. The van der Waals surface area contributed by atoms with E-state index in [4.69, 9.17) is 11.6 Å². The molecule has 0 bridgehead atoms. The lowest BCUT2D eigenvalue weighted by Gasteiger charge is -2.37. The van der Waals surface area contributed by atoms with Crippen molar-refractivity contribution in [1.82, 2.24) is 15.3 Å². The predicted molar refractivity (Wildman–Crippen MR) is 96.7 cm³/mol. The Balaban J connectivity index is 1.77. The molecule has 1 fully saturated rings. The summed E-state index contributed by atoms with van der Waals surface area (Å²) in [5.74, 6) is 4.91. The molecule has 2 aromatic rings. The number of hydrogen-bond donors (Lipinski definition) is 2. The fourth-order valence-corrected chi connectivity index (χ4v) is 3.19. The molecule has 144 valence electrons. The van der Waals surface area contributed by atoms with E-state index in [2.05, 4.69) is 27.1 Å². The Morgan fingerprint density at radius 3 is 2.68 bits per heavy atom. The molecule has 2 amide bonds. The zero-order valence-corrected chi connectivity index (χ0v) is 15.2. The molecule has 2 heterocycles. The number of nitrogens with zero attached hydrogens (tertiary/aromatic N) is 2. The lowest BCUT2D eigenvalue weighted by molar-refractivity contribution is -0.178. The number of rotatable bonds is 2. The summed E-state index contributed by atoms with van der Waals surface area (Å²) in [6.45, 7) is 0. The molecule has 1 aliphatic carbocycles. The van der Waals surface area contributed by atoms with E-state index in [-0.39, 0.29) is 28.7 Å². The van der Waals surface area contributed by atoms with Gasteiger partial charge in [-0.1, -0.05) is 35.6 Å². The highest BCUT2D eigenvalue weighted by molar-refractivity contribution is 6.30. The lowest BCUT2D eigenvalue weighted by Crippen LogP contribution is -2.59. The summed E-state index contributed by atoms with van der Waals surface area (Å²) in [5.41, 5.74) is -1.70. The number of carbonyl (C=O) groups is 1. The molecule has 0 unspecified atom stereocenters. The van der Waals surface area contributed by atoms with E-state index in [0.29, 0.717) is 11.3 Å². The summed E-state index contributed by atoms with van der Waals surface area (Å²) >= 11 is 6.00. The highest BCUT2D eigenvalue weighted by Gasteiger charge is 2.59. The third-order valence-electron chi connectivity index (χ3n) is 4.60. The number of benzene rings is 1. The Hall–Kier alpha value is -2.79. The molecule has 1 saturated carbocycles. The third kappa shape index (κ3) is 3.38. The number of alkyl halides is 3. The molecule has 5 nitrogen and oxygen atoms in total. The lowest BCUT2D eigenvalue weighted by atomic mass is 9.85. The Morgan fingerprint density at radius 2 is 2.00 bits per heavy atom. The number of aromatic nitrogens is 2. The minimum Gasteiger partial charge on any atom is -0.310 e. The molecular formula is C19H14ClF3N4O. The molecule has 9 heteroatoms. The van der Waals surface area contributed by atoms with Crippen LogP contribution in [0.2, 0.25) is 5.15 Å². The topological polar surface area (TPSA) is 66.9 Å². The molecule has 1 atom stereocenters. The van der Waals surface area contributed by atoms with Crippen LogP contribution in [0, 0.1) is 17.8 Å². The van der Waals surface area contributed by atoms with Crippen LogP contribution >= 0.6 is 11.6 Å². The smallest absolute Gasteiger partial charge is 0.310 e. The second-order valence-corrected chi connectivity index (χ2v) is 7.08. The maximum atomic E-state index is 14.0. The number of nitrogens with one attached hydrogen (secondary N) is 2. The number of fused-ring (bicyclic) bond motifs is 1. The van der Waals surface area contributed by atoms with Gasteiger partial charge in [-0.05, 0) is 24.5 Å². The number of urea groups is 1. The van der Waals surface area contributed by atoms with Crippen molar-refractivity contribution in [2.75, 3.05) is 5.32 Å². The molecule has 0 radical (unpaired) electrons. The fourth-order valence-electron chi connectivity index (χ4n) is 3.02. The van der Waals surface area contributed by atoms with E-state index in [0.717, 1.165) is 12.8 Å². The van der Waals surface area contributed by atoms with Gasteiger partial charge in [0.25, 0.3) is 0 Å². The van der Waals surface area contributed by atoms with Gasteiger partial charge in [0.15, 0.2) is 5.15 Å². The van der Waals surface area contributed by atoms with E-state index < -0.39 is 17.7 Å². The molecule has 28 heavy (non-hydrogen) atoms. The second-order valence-electron chi connectivity index (χ2n) is 6.72. The molecule has 4 rings (SSSR count). The zero-order chi connectivity index (χ0) is 19.9. The normalized spacial score (nSPS) is 21.1. The van der Waals surface area contributed by atoms with Crippen LogP contribution in [-0.2, 0) is 12.0 Å². The summed E-state index contributed by atoms with van der Waals surface area (Å²) in [4.78, 5) is 20.1. The van der Waals surface area contributed by atoms with E-state index in [9.17, 15) is 18.0 Å². The van der Waals surface area contributed by atoms with Crippen molar-refractivity contribution in [3.05, 3.63) is 52.6 Å². The number of halogens is 4. The summed E-state index contributed by atoms with van der Waals surface area (Å²) in [6, 6.07) is 3.40. The highest BCUT2D eigenvalue weighted by Crippen LogP contribution is 2.44. The van der Waals surface area contributed by atoms with Crippen LogP contribution < -0.4 is 10.6 Å². The van der Waals surface area contributed by atoms with Crippen molar-refractivity contribution >= 4 is 23.3 Å². The van der Waals surface area contributed by atoms with Gasteiger partial charge in [0.2, 0.25) is 5.54 Å². The van der Waals surface area contributed by atoms with Crippen molar-refractivity contribution in [3.8, 4) is 11.8 Å². The number of carbonyl (C=O) groups excluding carboxylic acids is 1. The molecule has 1 aromatic heterocycles. The number of hydrogen-bond acceptors (Lipinski definition) is 3. The van der Waals surface area contributed by atoms with Gasteiger partial charge in [0.05, 0.1) is 5.69 Å². The predicted octanol–water partition coefficient (Wildman–Crippen LogP) is 4.03.